The molecule has 0 radical (unpaired) electrons. The van der Waals surface area contributed by atoms with E-state index in [0.29, 0.717) is 10.7 Å². The molecular weight excluding hydrogens is 382 g/mol. The SMILES string of the molecule is O=S(=O)(c1cccc(Cl)c1)N(Cc1cnc2ccccn12)c1ccccc1. The standard InChI is InChI=1S/C20H16ClN3O2S/c21-16-7-6-10-19(13-16)27(25,26)24(17-8-2-1-3-9-17)15-18-14-22-20-11-4-5-12-23(18)20/h1-14H,15H2. The Morgan fingerprint density at radius 2 is 1.74 bits per heavy atom. The normalized spacial score (nSPS) is 11.6. The second-order valence-electron chi connectivity index (χ2n) is 5.98. The summed E-state index contributed by atoms with van der Waals surface area (Å²) in [5.41, 5.74) is 2.10. The van der Waals surface area contributed by atoms with Gasteiger partial charge in [0.2, 0.25) is 0 Å². The minimum Gasteiger partial charge on any atom is -0.302 e. The van der Waals surface area contributed by atoms with Crippen LogP contribution in [0.2, 0.25) is 5.02 Å². The lowest BCUT2D eigenvalue weighted by Gasteiger charge is -2.24. The van der Waals surface area contributed by atoms with Crippen LogP contribution in [0, 0.1) is 0 Å². The third-order valence-electron chi connectivity index (χ3n) is 4.23. The number of imidazole rings is 1. The van der Waals surface area contributed by atoms with Crippen molar-refractivity contribution in [1.82, 2.24) is 9.38 Å². The highest BCUT2D eigenvalue weighted by Crippen LogP contribution is 2.27. The van der Waals surface area contributed by atoms with Gasteiger partial charge in [0.05, 0.1) is 29.0 Å². The van der Waals surface area contributed by atoms with E-state index in [1.807, 2.05) is 47.0 Å². The molecule has 2 heterocycles. The van der Waals surface area contributed by atoms with Crippen molar-refractivity contribution >= 4 is 33.0 Å². The molecule has 0 bridgehead atoms. The van der Waals surface area contributed by atoms with Crippen LogP contribution in [0.25, 0.3) is 5.65 Å². The Labute approximate surface area is 162 Å². The predicted molar refractivity (Wildman–Crippen MR) is 106 cm³/mol. The van der Waals surface area contributed by atoms with E-state index in [9.17, 15) is 8.42 Å². The summed E-state index contributed by atoms with van der Waals surface area (Å²) in [6.45, 7) is 0.143. The molecule has 0 aliphatic heterocycles. The topological polar surface area (TPSA) is 54.7 Å². The van der Waals surface area contributed by atoms with Gasteiger partial charge in [-0.2, -0.15) is 0 Å². The third kappa shape index (κ3) is 3.41. The summed E-state index contributed by atoms with van der Waals surface area (Å²) in [6.07, 6.45) is 3.56. The van der Waals surface area contributed by atoms with Crippen molar-refractivity contribution in [3.8, 4) is 0 Å². The van der Waals surface area contributed by atoms with Crippen LogP contribution in [0.4, 0.5) is 5.69 Å². The molecule has 0 atom stereocenters. The molecule has 0 unspecified atom stereocenters. The first-order chi connectivity index (χ1) is 13.1. The third-order valence-corrected chi connectivity index (χ3v) is 6.23. The van der Waals surface area contributed by atoms with Gasteiger partial charge in [0, 0.05) is 11.2 Å². The highest BCUT2D eigenvalue weighted by Gasteiger charge is 2.26. The molecule has 0 N–H and O–H groups in total. The predicted octanol–water partition coefficient (Wildman–Crippen LogP) is 4.38. The van der Waals surface area contributed by atoms with E-state index in [2.05, 4.69) is 4.98 Å². The lowest BCUT2D eigenvalue weighted by Crippen LogP contribution is -2.31. The van der Waals surface area contributed by atoms with Crippen molar-refractivity contribution in [2.45, 2.75) is 11.4 Å². The van der Waals surface area contributed by atoms with E-state index < -0.39 is 10.0 Å². The molecule has 0 saturated heterocycles. The molecule has 0 amide bonds. The van der Waals surface area contributed by atoms with Crippen LogP contribution >= 0.6 is 11.6 Å². The number of para-hydroxylation sites is 1. The maximum absolute atomic E-state index is 13.4. The summed E-state index contributed by atoms with van der Waals surface area (Å²) in [4.78, 5) is 4.50. The summed E-state index contributed by atoms with van der Waals surface area (Å²) in [6, 6.07) is 21.0. The zero-order chi connectivity index (χ0) is 18.9. The highest BCUT2D eigenvalue weighted by atomic mass is 35.5. The Morgan fingerprint density at radius 1 is 0.963 bits per heavy atom. The van der Waals surface area contributed by atoms with Gasteiger partial charge in [-0.1, -0.05) is 41.9 Å². The molecule has 0 aliphatic rings. The monoisotopic (exact) mass is 397 g/mol. The van der Waals surface area contributed by atoms with Crippen LogP contribution in [0.1, 0.15) is 5.69 Å². The van der Waals surface area contributed by atoms with Gasteiger partial charge >= 0.3 is 0 Å². The van der Waals surface area contributed by atoms with Crippen molar-refractivity contribution in [3.05, 3.63) is 95.9 Å². The maximum Gasteiger partial charge on any atom is 0.264 e. The van der Waals surface area contributed by atoms with Gasteiger partial charge in [-0.25, -0.2) is 13.4 Å². The minimum atomic E-state index is -3.81. The quantitative estimate of drug-likeness (QED) is 0.502. The van der Waals surface area contributed by atoms with Gasteiger partial charge in [0.25, 0.3) is 10.0 Å². The largest absolute Gasteiger partial charge is 0.302 e. The van der Waals surface area contributed by atoms with E-state index in [1.165, 1.54) is 10.4 Å². The number of aromatic nitrogens is 2. The highest BCUT2D eigenvalue weighted by molar-refractivity contribution is 7.92. The number of anilines is 1. The average molecular weight is 398 g/mol. The first kappa shape index (κ1) is 17.6. The molecule has 2 aromatic carbocycles. The van der Waals surface area contributed by atoms with Crippen LogP contribution < -0.4 is 4.31 Å². The maximum atomic E-state index is 13.4. The van der Waals surface area contributed by atoms with E-state index in [4.69, 9.17) is 11.6 Å². The van der Waals surface area contributed by atoms with Crippen molar-refractivity contribution in [2.24, 2.45) is 0 Å². The van der Waals surface area contributed by atoms with Gasteiger partial charge in [0.15, 0.2) is 0 Å². The molecule has 5 nitrogen and oxygen atoms in total. The smallest absolute Gasteiger partial charge is 0.264 e. The number of benzene rings is 2. The summed E-state index contributed by atoms with van der Waals surface area (Å²) in [5.74, 6) is 0. The number of pyridine rings is 1. The Balaban J connectivity index is 1.83. The van der Waals surface area contributed by atoms with Crippen molar-refractivity contribution in [2.75, 3.05) is 4.31 Å². The molecule has 27 heavy (non-hydrogen) atoms. The van der Waals surface area contributed by atoms with E-state index in [1.54, 1.807) is 36.5 Å². The molecule has 7 heteroatoms. The first-order valence-electron chi connectivity index (χ1n) is 8.30. The number of fused-ring (bicyclic) bond motifs is 1. The fourth-order valence-corrected chi connectivity index (χ4v) is 4.65. The molecule has 0 aliphatic carbocycles. The number of rotatable bonds is 5. The molecule has 4 aromatic rings. The van der Waals surface area contributed by atoms with Crippen LogP contribution in [-0.2, 0) is 16.6 Å². The van der Waals surface area contributed by atoms with E-state index in [0.717, 1.165) is 11.3 Å². The Morgan fingerprint density at radius 3 is 2.52 bits per heavy atom. The van der Waals surface area contributed by atoms with Crippen molar-refractivity contribution in [1.29, 1.82) is 0 Å². The summed E-state index contributed by atoms with van der Waals surface area (Å²) in [7, 11) is -3.81. The lowest BCUT2D eigenvalue weighted by atomic mass is 10.3. The lowest BCUT2D eigenvalue weighted by molar-refractivity contribution is 0.590. The van der Waals surface area contributed by atoms with E-state index in [-0.39, 0.29) is 11.4 Å². The molecule has 136 valence electrons. The van der Waals surface area contributed by atoms with Gasteiger partial charge in [-0.3, -0.25) is 4.31 Å². The van der Waals surface area contributed by atoms with Gasteiger partial charge in [0.1, 0.15) is 5.65 Å². The number of halogens is 1. The summed E-state index contributed by atoms with van der Waals surface area (Å²) < 4.78 is 30.0. The van der Waals surface area contributed by atoms with Crippen molar-refractivity contribution < 1.29 is 8.42 Å². The van der Waals surface area contributed by atoms with E-state index >= 15 is 0 Å². The van der Waals surface area contributed by atoms with Crippen LogP contribution in [0.3, 0.4) is 0 Å². The van der Waals surface area contributed by atoms with Gasteiger partial charge in [-0.05, 0) is 42.5 Å². The van der Waals surface area contributed by atoms with Crippen LogP contribution in [0.5, 0.6) is 0 Å². The first-order valence-corrected chi connectivity index (χ1v) is 10.1. The second-order valence-corrected chi connectivity index (χ2v) is 8.28. The van der Waals surface area contributed by atoms with Crippen LogP contribution in [-0.4, -0.2) is 17.8 Å². The zero-order valence-electron chi connectivity index (χ0n) is 14.2. The molecular formula is C20H16ClN3O2S. The van der Waals surface area contributed by atoms with Crippen molar-refractivity contribution in [3.63, 3.8) is 0 Å². The second kappa shape index (κ2) is 7.06. The summed E-state index contributed by atoms with van der Waals surface area (Å²) in [5, 5.41) is 0.374. The zero-order valence-corrected chi connectivity index (χ0v) is 15.8. The number of sulfonamides is 1. The Bertz CT molecular complexity index is 1190. The number of hydrogen-bond donors (Lipinski definition) is 0. The average Bonchev–Trinajstić information content (AvgIpc) is 3.10. The minimum absolute atomic E-state index is 0.143. The molecule has 0 spiro atoms. The molecule has 2 aromatic heterocycles. The summed E-state index contributed by atoms with van der Waals surface area (Å²) >= 11 is 6.03. The molecule has 0 saturated carbocycles. The Hall–Kier alpha value is -2.83. The number of nitrogens with zero attached hydrogens (tertiary/aromatic N) is 3. The fraction of sp³-hybridized carbons (Fsp3) is 0.0500. The van der Waals surface area contributed by atoms with Gasteiger partial charge < -0.3 is 4.40 Å². The number of hydrogen-bond acceptors (Lipinski definition) is 3. The van der Waals surface area contributed by atoms with Crippen LogP contribution in [0.15, 0.2) is 90.1 Å². The molecule has 0 fully saturated rings. The Kier molecular flexibility index (Phi) is 4.59. The van der Waals surface area contributed by atoms with Gasteiger partial charge in [-0.15, -0.1) is 0 Å². The molecule has 4 rings (SSSR count). The fourth-order valence-electron chi connectivity index (χ4n) is 2.91.